The van der Waals surface area contributed by atoms with Gasteiger partial charge in [0, 0.05) is 7.05 Å². The SMILES string of the molecule is COc1cc(C(O)c2cc(C)nn2C)ccc1Cl. The Balaban J connectivity index is 2.39. The van der Waals surface area contributed by atoms with Crippen LogP contribution in [-0.2, 0) is 7.05 Å². The minimum absolute atomic E-state index is 0.523. The Morgan fingerprint density at radius 1 is 1.39 bits per heavy atom. The molecule has 0 bridgehead atoms. The summed E-state index contributed by atoms with van der Waals surface area (Å²) in [6, 6.07) is 7.07. The summed E-state index contributed by atoms with van der Waals surface area (Å²) >= 11 is 5.96. The molecule has 1 unspecified atom stereocenters. The fourth-order valence-corrected chi connectivity index (χ4v) is 2.10. The van der Waals surface area contributed by atoms with Crippen LogP contribution in [0.5, 0.6) is 5.75 Å². The van der Waals surface area contributed by atoms with Crippen LogP contribution in [0.3, 0.4) is 0 Å². The number of hydrogen-bond donors (Lipinski definition) is 1. The Kier molecular flexibility index (Phi) is 3.59. The van der Waals surface area contributed by atoms with E-state index in [4.69, 9.17) is 16.3 Å². The van der Waals surface area contributed by atoms with Gasteiger partial charge in [0.2, 0.25) is 0 Å². The maximum atomic E-state index is 10.3. The lowest BCUT2D eigenvalue weighted by Gasteiger charge is -2.13. The van der Waals surface area contributed by atoms with Crippen molar-refractivity contribution >= 4 is 11.6 Å². The van der Waals surface area contributed by atoms with Crippen molar-refractivity contribution in [3.63, 3.8) is 0 Å². The van der Waals surface area contributed by atoms with Crippen LogP contribution in [0.4, 0.5) is 0 Å². The van der Waals surface area contributed by atoms with E-state index in [9.17, 15) is 5.11 Å². The van der Waals surface area contributed by atoms with Crippen molar-refractivity contribution < 1.29 is 9.84 Å². The molecule has 0 radical (unpaired) electrons. The Morgan fingerprint density at radius 2 is 2.11 bits per heavy atom. The van der Waals surface area contributed by atoms with E-state index in [-0.39, 0.29) is 0 Å². The van der Waals surface area contributed by atoms with E-state index < -0.39 is 6.10 Å². The van der Waals surface area contributed by atoms with Gasteiger partial charge in [0.05, 0.1) is 23.5 Å². The van der Waals surface area contributed by atoms with Gasteiger partial charge in [0.1, 0.15) is 11.9 Å². The second-order valence-electron chi connectivity index (χ2n) is 4.13. The Labute approximate surface area is 111 Å². The van der Waals surface area contributed by atoms with Gasteiger partial charge in [-0.25, -0.2) is 0 Å². The van der Waals surface area contributed by atoms with Crippen LogP contribution in [0.15, 0.2) is 24.3 Å². The number of rotatable bonds is 3. The third kappa shape index (κ3) is 2.35. The Hall–Kier alpha value is -1.52. The summed E-state index contributed by atoms with van der Waals surface area (Å²) in [5, 5.41) is 15.1. The second kappa shape index (κ2) is 5.00. The zero-order valence-electron chi connectivity index (χ0n) is 10.5. The molecule has 1 aromatic carbocycles. The highest BCUT2D eigenvalue weighted by Gasteiger charge is 2.16. The summed E-state index contributed by atoms with van der Waals surface area (Å²) in [5.74, 6) is 0.548. The third-order valence-electron chi connectivity index (χ3n) is 2.81. The quantitative estimate of drug-likeness (QED) is 0.928. The fourth-order valence-electron chi connectivity index (χ4n) is 1.90. The van der Waals surface area contributed by atoms with E-state index in [0.717, 1.165) is 17.0 Å². The van der Waals surface area contributed by atoms with Crippen molar-refractivity contribution in [1.82, 2.24) is 9.78 Å². The highest BCUT2D eigenvalue weighted by Crippen LogP contribution is 2.30. The largest absolute Gasteiger partial charge is 0.495 e. The molecule has 4 nitrogen and oxygen atoms in total. The van der Waals surface area contributed by atoms with Gasteiger partial charge < -0.3 is 9.84 Å². The van der Waals surface area contributed by atoms with Gasteiger partial charge in [-0.3, -0.25) is 4.68 Å². The summed E-state index contributed by atoms with van der Waals surface area (Å²) in [5.41, 5.74) is 2.32. The standard InChI is InChI=1S/C13H15ClN2O2/c1-8-6-11(16(2)15-8)13(17)9-4-5-10(14)12(7-9)18-3/h4-7,13,17H,1-3H3. The molecule has 5 heteroatoms. The molecule has 18 heavy (non-hydrogen) atoms. The van der Waals surface area contributed by atoms with Crippen LogP contribution in [0.1, 0.15) is 23.1 Å². The molecular formula is C13H15ClN2O2. The molecule has 1 aromatic heterocycles. The summed E-state index contributed by atoms with van der Waals surface area (Å²) in [4.78, 5) is 0. The maximum Gasteiger partial charge on any atom is 0.137 e. The molecule has 1 heterocycles. The zero-order chi connectivity index (χ0) is 13.3. The molecule has 0 aliphatic rings. The molecule has 2 rings (SSSR count). The van der Waals surface area contributed by atoms with E-state index in [1.165, 1.54) is 0 Å². The smallest absolute Gasteiger partial charge is 0.137 e. The average molecular weight is 267 g/mol. The van der Waals surface area contributed by atoms with Crippen LogP contribution < -0.4 is 4.74 Å². The topological polar surface area (TPSA) is 47.3 Å². The summed E-state index contributed by atoms with van der Waals surface area (Å²) in [6.07, 6.45) is -0.748. The average Bonchev–Trinajstić information content (AvgIpc) is 2.68. The minimum Gasteiger partial charge on any atom is -0.495 e. The van der Waals surface area contributed by atoms with E-state index in [0.29, 0.717) is 10.8 Å². The van der Waals surface area contributed by atoms with Gasteiger partial charge in [-0.05, 0) is 30.7 Å². The second-order valence-corrected chi connectivity index (χ2v) is 4.54. The number of aliphatic hydroxyl groups excluding tert-OH is 1. The lowest BCUT2D eigenvalue weighted by molar-refractivity contribution is 0.209. The first-order valence-corrected chi connectivity index (χ1v) is 5.92. The number of hydrogen-bond acceptors (Lipinski definition) is 3. The molecule has 0 aliphatic heterocycles. The van der Waals surface area contributed by atoms with Gasteiger partial charge in [0.25, 0.3) is 0 Å². The van der Waals surface area contributed by atoms with E-state index in [1.54, 1.807) is 37.0 Å². The van der Waals surface area contributed by atoms with E-state index in [1.807, 2.05) is 13.0 Å². The molecule has 0 aliphatic carbocycles. The lowest BCUT2D eigenvalue weighted by Crippen LogP contribution is -2.06. The number of aliphatic hydroxyl groups is 1. The normalized spacial score (nSPS) is 12.5. The highest BCUT2D eigenvalue weighted by molar-refractivity contribution is 6.32. The molecule has 0 saturated carbocycles. The molecule has 0 fully saturated rings. The first-order valence-electron chi connectivity index (χ1n) is 5.55. The van der Waals surface area contributed by atoms with Crippen molar-refractivity contribution in [2.24, 2.45) is 7.05 Å². The predicted molar refractivity (Wildman–Crippen MR) is 70.0 cm³/mol. The summed E-state index contributed by atoms with van der Waals surface area (Å²) in [6.45, 7) is 1.89. The predicted octanol–water partition coefficient (Wildman–Crippen LogP) is 2.47. The van der Waals surface area contributed by atoms with Gasteiger partial charge in [-0.2, -0.15) is 5.10 Å². The van der Waals surface area contributed by atoms with Crippen LogP contribution >= 0.6 is 11.6 Å². The molecule has 1 N–H and O–H groups in total. The number of benzene rings is 1. The number of ether oxygens (including phenoxy) is 1. The van der Waals surface area contributed by atoms with Gasteiger partial charge in [-0.1, -0.05) is 17.7 Å². The van der Waals surface area contributed by atoms with E-state index in [2.05, 4.69) is 5.10 Å². The van der Waals surface area contributed by atoms with Crippen LogP contribution in [0.25, 0.3) is 0 Å². The third-order valence-corrected chi connectivity index (χ3v) is 3.12. The van der Waals surface area contributed by atoms with Crippen LogP contribution in [-0.4, -0.2) is 22.0 Å². The van der Waals surface area contributed by atoms with Crippen molar-refractivity contribution in [2.45, 2.75) is 13.0 Å². The highest BCUT2D eigenvalue weighted by atomic mass is 35.5. The van der Waals surface area contributed by atoms with E-state index >= 15 is 0 Å². The molecule has 96 valence electrons. The number of aryl methyl sites for hydroxylation is 2. The summed E-state index contributed by atoms with van der Waals surface area (Å²) < 4.78 is 6.81. The number of nitrogens with zero attached hydrogens (tertiary/aromatic N) is 2. The minimum atomic E-state index is -0.748. The van der Waals surface area contributed by atoms with Crippen LogP contribution in [0.2, 0.25) is 5.02 Å². The van der Waals surface area contributed by atoms with Crippen molar-refractivity contribution in [3.8, 4) is 5.75 Å². The molecule has 2 aromatic rings. The molecule has 0 spiro atoms. The number of methoxy groups -OCH3 is 1. The van der Waals surface area contributed by atoms with Gasteiger partial charge in [-0.15, -0.1) is 0 Å². The van der Waals surface area contributed by atoms with Crippen molar-refractivity contribution in [3.05, 3.63) is 46.2 Å². The molecular weight excluding hydrogens is 252 g/mol. The molecule has 0 amide bonds. The number of halogens is 1. The first-order chi connectivity index (χ1) is 8.52. The van der Waals surface area contributed by atoms with Gasteiger partial charge >= 0.3 is 0 Å². The fraction of sp³-hybridized carbons (Fsp3) is 0.308. The monoisotopic (exact) mass is 266 g/mol. The maximum absolute atomic E-state index is 10.3. The lowest BCUT2D eigenvalue weighted by atomic mass is 10.1. The Morgan fingerprint density at radius 3 is 2.67 bits per heavy atom. The molecule has 1 atom stereocenters. The van der Waals surface area contributed by atoms with Gasteiger partial charge in [0.15, 0.2) is 0 Å². The Bertz CT molecular complexity index is 566. The number of aromatic nitrogens is 2. The van der Waals surface area contributed by atoms with Crippen LogP contribution in [0, 0.1) is 6.92 Å². The van der Waals surface area contributed by atoms with Crippen molar-refractivity contribution in [1.29, 1.82) is 0 Å². The zero-order valence-corrected chi connectivity index (χ0v) is 11.3. The van der Waals surface area contributed by atoms with Crippen molar-refractivity contribution in [2.75, 3.05) is 7.11 Å². The summed E-state index contributed by atoms with van der Waals surface area (Å²) in [7, 11) is 3.35. The first kappa shape index (κ1) is 12.9. The molecule has 0 saturated heterocycles.